The number of carbonyl (C=O) groups is 1. The molecule has 2 aromatic heterocycles. The molecule has 0 radical (unpaired) electrons. The van der Waals surface area contributed by atoms with E-state index in [0.29, 0.717) is 19.0 Å². The summed E-state index contributed by atoms with van der Waals surface area (Å²) in [6.07, 6.45) is 8.82. The van der Waals surface area contributed by atoms with Crippen molar-refractivity contribution in [2.24, 2.45) is 0 Å². The van der Waals surface area contributed by atoms with Crippen molar-refractivity contribution in [3.8, 4) is 0 Å². The zero-order valence-corrected chi connectivity index (χ0v) is 14.5. The largest absolute Gasteiger partial charge is 0.330 e. The highest BCUT2D eigenvalue weighted by Crippen LogP contribution is 2.32. The van der Waals surface area contributed by atoms with Crippen molar-refractivity contribution in [1.82, 2.24) is 19.3 Å². The Morgan fingerprint density at radius 3 is 2.92 bits per heavy atom. The van der Waals surface area contributed by atoms with E-state index in [0.717, 1.165) is 35.3 Å². The van der Waals surface area contributed by atoms with Gasteiger partial charge in [0.25, 0.3) is 0 Å². The molecule has 1 amide bonds. The summed E-state index contributed by atoms with van der Waals surface area (Å²) in [5.74, 6) is 0.869. The summed E-state index contributed by atoms with van der Waals surface area (Å²) in [7, 11) is 0. The summed E-state index contributed by atoms with van der Waals surface area (Å²) < 4.78 is 4.03. The van der Waals surface area contributed by atoms with Crippen molar-refractivity contribution < 1.29 is 4.79 Å². The predicted octanol–water partition coefficient (Wildman–Crippen LogP) is 3.69. The minimum atomic E-state index is 0.0145. The quantitative estimate of drug-likeness (QED) is 0.772. The highest BCUT2D eigenvalue weighted by Gasteiger charge is 2.22. The lowest BCUT2D eigenvalue weighted by atomic mass is 10.2. The smallest absolute Gasteiger partial charge is 0.227 e. The average molecular weight is 337 g/mol. The van der Waals surface area contributed by atoms with Gasteiger partial charge in [0.15, 0.2) is 0 Å². The van der Waals surface area contributed by atoms with Gasteiger partial charge in [-0.15, -0.1) is 0 Å². The first-order valence-electron chi connectivity index (χ1n) is 8.96. The third-order valence-electron chi connectivity index (χ3n) is 5.01. The number of carbonyl (C=O) groups excluding carboxylic acids is 1. The molecule has 1 N–H and O–H groups in total. The Morgan fingerprint density at radius 1 is 1.28 bits per heavy atom. The molecule has 0 aliphatic heterocycles. The monoisotopic (exact) mass is 337 g/mol. The minimum absolute atomic E-state index is 0.0145. The van der Waals surface area contributed by atoms with Gasteiger partial charge in [0, 0.05) is 18.5 Å². The molecule has 6 nitrogen and oxygen atoms in total. The molecule has 0 unspecified atom stereocenters. The van der Waals surface area contributed by atoms with E-state index in [2.05, 4.69) is 15.4 Å². The summed E-state index contributed by atoms with van der Waals surface area (Å²) in [6, 6.07) is 8.39. The second-order valence-electron chi connectivity index (χ2n) is 6.78. The molecule has 2 heterocycles. The van der Waals surface area contributed by atoms with E-state index in [1.807, 2.05) is 46.6 Å². The molecule has 0 spiro atoms. The Labute approximate surface area is 146 Å². The number of nitrogens with zero attached hydrogens (tertiary/aromatic N) is 4. The van der Waals surface area contributed by atoms with Crippen molar-refractivity contribution in [2.75, 3.05) is 5.32 Å². The summed E-state index contributed by atoms with van der Waals surface area (Å²) in [4.78, 5) is 16.8. The molecule has 0 bridgehead atoms. The molecule has 1 aromatic carbocycles. The van der Waals surface area contributed by atoms with Crippen LogP contribution < -0.4 is 5.32 Å². The van der Waals surface area contributed by atoms with Crippen LogP contribution >= 0.6 is 0 Å². The molecular formula is C19H23N5O. The third kappa shape index (κ3) is 3.16. The van der Waals surface area contributed by atoms with Crippen LogP contribution in [0.25, 0.3) is 11.0 Å². The second-order valence-corrected chi connectivity index (χ2v) is 6.78. The molecule has 1 aliphatic rings. The van der Waals surface area contributed by atoms with Gasteiger partial charge in [0.1, 0.15) is 5.82 Å². The number of amides is 1. The number of hydrogen-bond donors (Lipinski definition) is 1. The van der Waals surface area contributed by atoms with Crippen molar-refractivity contribution >= 4 is 22.8 Å². The van der Waals surface area contributed by atoms with E-state index in [9.17, 15) is 4.79 Å². The van der Waals surface area contributed by atoms with Gasteiger partial charge < -0.3 is 9.88 Å². The van der Waals surface area contributed by atoms with Gasteiger partial charge in [-0.1, -0.05) is 25.0 Å². The molecule has 6 heteroatoms. The highest BCUT2D eigenvalue weighted by molar-refractivity contribution is 5.90. The van der Waals surface area contributed by atoms with Gasteiger partial charge in [0.05, 0.1) is 29.6 Å². The van der Waals surface area contributed by atoms with Crippen LogP contribution in [0.3, 0.4) is 0 Å². The summed E-state index contributed by atoms with van der Waals surface area (Å²) in [5.41, 5.74) is 3.04. The van der Waals surface area contributed by atoms with Crippen molar-refractivity contribution in [3.05, 3.63) is 42.4 Å². The number of aromatic nitrogens is 4. The van der Waals surface area contributed by atoms with Crippen molar-refractivity contribution in [2.45, 2.75) is 51.6 Å². The number of aryl methyl sites for hydroxylation is 2. The van der Waals surface area contributed by atoms with Crippen LogP contribution in [-0.2, 0) is 11.3 Å². The number of benzene rings is 1. The average Bonchev–Trinajstić information content (AvgIpc) is 3.34. The van der Waals surface area contributed by atoms with Crippen molar-refractivity contribution in [3.63, 3.8) is 0 Å². The zero-order chi connectivity index (χ0) is 17.2. The number of nitrogens with one attached hydrogen (secondary N) is 1. The van der Waals surface area contributed by atoms with Crippen molar-refractivity contribution in [1.29, 1.82) is 0 Å². The maximum atomic E-state index is 12.5. The van der Waals surface area contributed by atoms with Gasteiger partial charge in [-0.3, -0.25) is 4.79 Å². The predicted molar refractivity (Wildman–Crippen MR) is 97.4 cm³/mol. The second kappa shape index (κ2) is 6.70. The number of anilines is 1. The molecule has 0 atom stereocenters. The molecule has 4 rings (SSSR count). The van der Waals surface area contributed by atoms with E-state index in [1.54, 1.807) is 6.33 Å². The lowest BCUT2D eigenvalue weighted by Crippen LogP contribution is -2.19. The Morgan fingerprint density at radius 2 is 2.08 bits per heavy atom. The van der Waals surface area contributed by atoms with Crippen LogP contribution in [0.15, 0.2) is 36.8 Å². The van der Waals surface area contributed by atoms with Crippen LogP contribution in [0.2, 0.25) is 0 Å². The Hall–Kier alpha value is -2.63. The van der Waals surface area contributed by atoms with Crippen LogP contribution in [0.5, 0.6) is 0 Å². The van der Waals surface area contributed by atoms with E-state index in [-0.39, 0.29) is 5.91 Å². The lowest BCUT2D eigenvalue weighted by molar-refractivity contribution is -0.116. The number of para-hydroxylation sites is 2. The topological polar surface area (TPSA) is 64.7 Å². The minimum Gasteiger partial charge on any atom is -0.330 e. The number of fused-ring (bicyclic) bond motifs is 1. The number of hydrogen-bond acceptors (Lipinski definition) is 3. The fourth-order valence-electron chi connectivity index (χ4n) is 3.63. The lowest BCUT2D eigenvalue weighted by Gasteiger charge is -2.15. The fourth-order valence-corrected chi connectivity index (χ4v) is 3.63. The molecule has 1 fully saturated rings. The van der Waals surface area contributed by atoms with Gasteiger partial charge >= 0.3 is 0 Å². The molecule has 0 saturated heterocycles. The third-order valence-corrected chi connectivity index (χ3v) is 5.01. The molecule has 1 aliphatic carbocycles. The first kappa shape index (κ1) is 15.9. The molecule has 25 heavy (non-hydrogen) atoms. The fraction of sp³-hybridized carbons (Fsp3) is 0.421. The van der Waals surface area contributed by atoms with Crippen LogP contribution in [0.4, 0.5) is 5.82 Å². The van der Waals surface area contributed by atoms with Gasteiger partial charge in [-0.25, -0.2) is 9.67 Å². The van der Waals surface area contributed by atoms with Gasteiger partial charge in [-0.2, -0.15) is 5.10 Å². The van der Waals surface area contributed by atoms with E-state index < -0.39 is 0 Å². The maximum absolute atomic E-state index is 12.5. The summed E-state index contributed by atoms with van der Waals surface area (Å²) in [6.45, 7) is 2.61. The SMILES string of the molecule is Cc1cnn(C2CCCC2)c1NC(=O)CCn1cnc2ccccc21. The molecule has 1 saturated carbocycles. The number of imidazole rings is 1. The van der Waals surface area contributed by atoms with E-state index >= 15 is 0 Å². The van der Waals surface area contributed by atoms with Crippen LogP contribution in [-0.4, -0.2) is 25.2 Å². The van der Waals surface area contributed by atoms with Gasteiger partial charge in [-0.05, 0) is 31.9 Å². The molecule has 130 valence electrons. The van der Waals surface area contributed by atoms with E-state index in [4.69, 9.17) is 0 Å². The first-order valence-corrected chi connectivity index (χ1v) is 8.96. The molecule has 3 aromatic rings. The highest BCUT2D eigenvalue weighted by atomic mass is 16.1. The Kier molecular flexibility index (Phi) is 4.26. The first-order chi connectivity index (χ1) is 12.2. The van der Waals surface area contributed by atoms with Crippen LogP contribution in [0, 0.1) is 6.92 Å². The summed E-state index contributed by atoms with van der Waals surface area (Å²) in [5, 5.41) is 7.56. The number of rotatable bonds is 5. The van der Waals surface area contributed by atoms with Crippen LogP contribution in [0.1, 0.15) is 43.7 Å². The van der Waals surface area contributed by atoms with E-state index in [1.165, 1.54) is 12.8 Å². The van der Waals surface area contributed by atoms with Gasteiger partial charge in [0.2, 0.25) is 5.91 Å². The Bertz CT molecular complexity index is 888. The molecular weight excluding hydrogens is 314 g/mol. The summed E-state index contributed by atoms with van der Waals surface area (Å²) >= 11 is 0. The standard InChI is InChI=1S/C19H23N5O/c1-14-12-21-24(15-6-2-3-7-15)19(14)22-18(25)10-11-23-13-20-16-8-4-5-9-17(16)23/h4-5,8-9,12-13,15H,2-3,6-7,10-11H2,1H3,(H,22,25). The zero-order valence-electron chi connectivity index (χ0n) is 14.5. The maximum Gasteiger partial charge on any atom is 0.227 e. The Balaban J connectivity index is 1.43. The normalized spacial score (nSPS) is 15.1.